The molecule has 0 aliphatic carbocycles. The van der Waals surface area contributed by atoms with Crippen molar-refractivity contribution in [3.8, 4) is 0 Å². The van der Waals surface area contributed by atoms with Crippen LogP contribution in [0.5, 0.6) is 0 Å². The van der Waals surface area contributed by atoms with E-state index >= 15 is 0 Å². The molecule has 144 valence electrons. The Morgan fingerprint density at radius 2 is 1.62 bits per heavy atom. The van der Waals surface area contributed by atoms with Gasteiger partial charge in [0.15, 0.2) is 6.29 Å². The lowest BCUT2D eigenvalue weighted by Gasteiger charge is -2.42. The lowest BCUT2D eigenvalue weighted by atomic mass is 9.98. The van der Waals surface area contributed by atoms with Gasteiger partial charge in [0, 0.05) is 6.54 Å². The molecule has 0 aromatic rings. The number of likely N-dealkylation sites (N-methyl/N-ethyl adjacent to an activating group) is 1. The number of rotatable bonds is 9. The fourth-order valence-electron chi connectivity index (χ4n) is 2.39. The Kier molecular flexibility index (Phi) is 8.90. The van der Waals surface area contributed by atoms with Crippen LogP contribution >= 0.6 is 0 Å². The van der Waals surface area contributed by atoms with Gasteiger partial charge in [0.25, 0.3) is 0 Å². The van der Waals surface area contributed by atoms with E-state index in [1.165, 1.54) is 7.05 Å². The van der Waals surface area contributed by atoms with Crippen molar-refractivity contribution in [1.82, 2.24) is 5.32 Å². The van der Waals surface area contributed by atoms with E-state index < -0.39 is 68.3 Å². The molecule has 9 atom stereocenters. The Bertz CT molecular complexity index is 360. The molecular formula is C13H27NO10. The Balaban J connectivity index is 2.88. The maximum atomic E-state index is 10.1. The lowest BCUT2D eigenvalue weighted by molar-refractivity contribution is -0.327. The highest BCUT2D eigenvalue weighted by Gasteiger charge is 2.46. The van der Waals surface area contributed by atoms with E-state index in [9.17, 15) is 30.6 Å². The van der Waals surface area contributed by atoms with Gasteiger partial charge in [0.2, 0.25) is 0 Å². The third kappa shape index (κ3) is 5.03. The fourth-order valence-corrected chi connectivity index (χ4v) is 2.39. The van der Waals surface area contributed by atoms with Gasteiger partial charge in [-0.15, -0.1) is 0 Å². The molecule has 1 heterocycles. The van der Waals surface area contributed by atoms with Crippen molar-refractivity contribution in [3.63, 3.8) is 0 Å². The highest BCUT2D eigenvalue weighted by Crippen LogP contribution is 2.24. The first-order chi connectivity index (χ1) is 11.3. The van der Waals surface area contributed by atoms with Crippen molar-refractivity contribution < 1.29 is 50.3 Å². The zero-order chi connectivity index (χ0) is 18.4. The van der Waals surface area contributed by atoms with Crippen LogP contribution in [0.3, 0.4) is 0 Å². The third-order valence-electron chi connectivity index (χ3n) is 3.85. The van der Waals surface area contributed by atoms with Gasteiger partial charge in [-0.25, -0.2) is 0 Å². The average molecular weight is 357 g/mol. The Hall–Kier alpha value is -0.440. The van der Waals surface area contributed by atoms with Gasteiger partial charge in [0.1, 0.15) is 42.7 Å². The molecule has 0 bridgehead atoms. The zero-order valence-corrected chi connectivity index (χ0v) is 13.2. The van der Waals surface area contributed by atoms with Crippen LogP contribution in [0.4, 0.5) is 0 Å². The second kappa shape index (κ2) is 9.89. The normalized spacial score (nSPS) is 36.1. The third-order valence-corrected chi connectivity index (χ3v) is 3.85. The summed E-state index contributed by atoms with van der Waals surface area (Å²) in [4.78, 5) is 0. The molecule has 0 spiro atoms. The summed E-state index contributed by atoms with van der Waals surface area (Å²) in [7, 11) is 1.52. The molecule has 1 saturated heterocycles. The molecule has 1 aliphatic heterocycles. The number of hydrogen-bond donors (Lipinski definition) is 9. The summed E-state index contributed by atoms with van der Waals surface area (Å²) in [5.41, 5.74) is 0. The maximum absolute atomic E-state index is 10.1. The van der Waals surface area contributed by atoms with Crippen molar-refractivity contribution >= 4 is 0 Å². The smallest absolute Gasteiger partial charge is 0.187 e. The molecule has 0 aromatic heterocycles. The van der Waals surface area contributed by atoms with Gasteiger partial charge in [0.05, 0.1) is 19.3 Å². The molecule has 1 rings (SSSR count). The monoisotopic (exact) mass is 357 g/mol. The van der Waals surface area contributed by atoms with Crippen LogP contribution in [0.25, 0.3) is 0 Å². The summed E-state index contributed by atoms with van der Waals surface area (Å²) >= 11 is 0. The second-order valence-electron chi connectivity index (χ2n) is 5.66. The van der Waals surface area contributed by atoms with Crippen LogP contribution < -0.4 is 5.32 Å². The quantitative estimate of drug-likeness (QED) is 0.191. The van der Waals surface area contributed by atoms with Crippen LogP contribution in [0.1, 0.15) is 0 Å². The van der Waals surface area contributed by atoms with Crippen molar-refractivity contribution in [3.05, 3.63) is 0 Å². The minimum atomic E-state index is -1.75. The van der Waals surface area contributed by atoms with Crippen molar-refractivity contribution in [2.45, 2.75) is 55.1 Å². The van der Waals surface area contributed by atoms with E-state index in [1.807, 2.05) is 0 Å². The van der Waals surface area contributed by atoms with Crippen molar-refractivity contribution in [2.75, 3.05) is 26.8 Å². The Morgan fingerprint density at radius 3 is 2.12 bits per heavy atom. The molecule has 0 saturated carbocycles. The molecule has 24 heavy (non-hydrogen) atoms. The van der Waals surface area contributed by atoms with Gasteiger partial charge in [-0.1, -0.05) is 0 Å². The summed E-state index contributed by atoms with van der Waals surface area (Å²) in [6.07, 6.45) is -14.1. The number of aliphatic hydroxyl groups is 8. The number of ether oxygens (including phenoxy) is 2. The zero-order valence-electron chi connectivity index (χ0n) is 13.2. The Morgan fingerprint density at radius 1 is 1.00 bits per heavy atom. The van der Waals surface area contributed by atoms with Gasteiger partial charge in [-0.05, 0) is 7.05 Å². The molecule has 11 heteroatoms. The molecule has 11 nitrogen and oxygen atoms in total. The predicted molar refractivity (Wildman–Crippen MR) is 77.7 cm³/mol. The molecule has 0 amide bonds. The summed E-state index contributed by atoms with van der Waals surface area (Å²) in [5.74, 6) is 0. The van der Waals surface area contributed by atoms with Crippen LogP contribution in [-0.2, 0) is 9.47 Å². The molecule has 1 aliphatic rings. The highest BCUT2D eigenvalue weighted by molar-refractivity contribution is 4.91. The largest absolute Gasteiger partial charge is 0.394 e. The van der Waals surface area contributed by atoms with E-state index in [1.54, 1.807) is 0 Å². The highest BCUT2D eigenvalue weighted by atomic mass is 16.7. The molecule has 9 N–H and O–H groups in total. The topological polar surface area (TPSA) is 192 Å². The maximum Gasteiger partial charge on any atom is 0.187 e. The number of nitrogens with one attached hydrogen (secondary N) is 1. The molecule has 1 fully saturated rings. The van der Waals surface area contributed by atoms with E-state index in [0.29, 0.717) is 0 Å². The standard InChI is InChI=1S/C13H27NO10/c1-14-2-5(17)8(19)12(6(18)3-15)24-13-11(22)10(21)9(20)7(4-16)23-13/h5-22H,2-4H2,1H3/t5-,6+,7+,8+,9-,10-,11+,12+,13-/m0/s1. The van der Waals surface area contributed by atoms with E-state index in [-0.39, 0.29) is 6.54 Å². The summed E-state index contributed by atoms with van der Waals surface area (Å²) in [5, 5.41) is 79.8. The van der Waals surface area contributed by atoms with Crippen molar-refractivity contribution in [1.29, 1.82) is 0 Å². The van der Waals surface area contributed by atoms with Gasteiger partial charge in [-0.3, -0.25) is 0 Å². The first-order valence-corrected chi connectivity index (χ1v) is 7.54. The summed E-state index contributed by atoms with van der Waals surface area (Å²) in [6.45, 7) is -1.54. The van der Waals surface area contributed by atoms with Crippen LogP contribution in [0, 0.1) is 0 Å². The van der Waals surface area contributed by atoms with Crippen LogP contribution in [0.15, 0.2) is 0 Å². The predicted octanol–water partition coefficient (Wildman–Crippen LogP) is -5.53. The SMILES string of the molecule is CNC[C@H](O)[C@@H](O)[C@H](O[C@@H]1O[C@H](CO)[C@H](O)[C@H](O)[C@H]1O)[C@H](O)CO. The number of aliphatic hydroxyl groups excluding tert-OH is 8. The van der Waals surface area contributed by atoms with Gasteiger partial charge in [-0.2, -0.15) is 0 Å². The Labute approximate surface area is 138 Å². The van der Waals surface area contributed by atoms with E-state index in [2.05, 4.69) is 5.32 Å². The first-order valence-electron chi connectivity index (χ1n) is 7.54. The molecular weight excluding hydrogens is 330 g/mol. The number of hydrogen-bond acceptors (Lipinski definition) is 11. The summed E-state index contributed by atoms with van der Waals surface area (Å²) < 4.78 is 10.3. The van der Waals surface area contributed by atoms with Crippen LogP contribution in [-0.4, -0.2) is 123 Å². The fraction of sp³-hybridized carbons (Fsp3) is 1.00. The van der Waals surface area contributed by atoms with Crippen molar-refractivity contribution in [2.24, 2.45) is 0 Å². The minimum Gasteiger partial charge on any atom is -0.394 e. The summed E-state index contributed by atoms with van der Waals surface area (Å²) in [6, 6.07) is 0. The second-order valence-corrected chi connectivity index (χ2v) is 5.66. The van der Waals surface area contributed by atoms with E-state index in [0.717, 1.165) is 0 Å². The molecule has 0 radical (unpaired) electrons. The molecule has 0 aromatic carbocycles. The van der Waals surface area contributed by atoms with E-state index in [4.69, 9.17) is 19.7 Å². The van der Waals surface area contributed by atoms with Crippen LogP contribution in [0.2, 0.25) is 0 Å². The van der Waals surface area contributed by atoms with Gasteiger partial charge < -0.3 is 55.6 Å². The minimum absolute atomic E-state index is 0.0478. The first kappa shape index (κ1) is 21.6. The lowest BCUT2D eigenvalue weighted by Crippen LogP contribution is -2.61. The average Bonchev–Trinajstić information content (AvgIpc) is 2.58. The molecule has 0 unspecified atom stereocenters. The van der Waals surface area contributed by atoms with Gasteiger partial charge >= 0.3 is 0 Å².